The van der Waals surface area contributed by atoms with E-state index in [2.05, 4.69) is 4.99 Å². The second kappa shape index (κ2) is 8.47. The first-order chi connectivity index (χ1) is 15.6. The minimum absolute atomic E-state index is 0.226. The van der Waals surface area contributed by atoms with E-state index in [-0.39, 0.29) is 17.4 Å². The van der Waals surface area contributed by atoms with Crippen LogP contribution in [0.15, 0.2) is 102 Å². The lowest BCUT2D eigenvalue weighted by atomic mass is 10.1. The summed E-state index contributed by atoms with van der Waals surface area (Å²) >= 11 is 0. The number of aliphatic imine (C=N–C) groups is 1. The zero-order valence-corrected chi connectivity index (χ0v) is 17.0. The van der Waals surface area contributed by atoms with Crippen molar-refractivity contribution >= 4 is 28.7 Å². The van der Waals surface area contributed by atoms with Crippen molar-refractivity contribution in [3.8, 4) is 5.75 Å². The van der Waals surface area contributed by atoms with Crippen LogP contribution in [0.25, 0.3) is 16.8 Å². The van der Waals surface area contributed by atoms with E-state index in [1.54, 1.807) is 18.2 Å². The van der Waals surface area contributed by atoms with Crippen LogP contribution in [0.3, 0.4) is 0 Å². The zero-order chi connectivity index (χ0) is 21.9. The lowest BCUT2D eigenvalue weighted by Gasteiger charge is -2.07. The van der Waals surface area contributed by atoms with E-state index in [1.807, 2.05) is 66.7 Å². The van der Waals surface area contributed by atoms with Gasteiger partial charge in [0.25, 0.3) is 0 Å². The van der Waals surface area contributed by atoms with Crippen molar-refractivity contribution in [2.24, 2.45) is 4.99 Å². The van der Waals surface area contributed by atoms with Gasteiger partial charge in [0.1, 0.15) is 18.2 Å². The molecule has 0 bridgehead atoms. The van der Waals surface area contributed by atoms with E-state index in [0.29, 0.717) is 12.4 Å². The first-order valence-electron chi connectivity index (χ1n) is 10.1. The van der Waals surface area contributed by atoms with Gasteiger partial charge in [0.15, 0.2) is 5.70 Å². The molecular formula is C27H18FNO3. The van der Waals surface area contributed by atoms with Crippen LogP contribution in [-0.4, -0.2) is 11.9 Å². The molecule has 0 aliphatic carbocycles. The highest BCUT2D eigenvalue weighted by Gasteiger charge is 2.24. The Morgan fingerprint density at radius 3 is 2.53 bits per heavy atom. The number of hydrogen-bond acceptors (Lipinski definition) is 4. The molecule has 0 unspecified atom stereocenters. The van der Waals surface area contributed by atoms with Gasteiger partial charge < -0.3 is 9.47 Å². The molecule has 4 nitrogen and oxygen atoms in total. The maximum Gasteiger partial charge on any atom is 0.363 e. The van der Waals surface area contributed by atoms with Crippen molar-refractivity contribution in [2.45, 2.75) is 6.61 Å². The third-order valence-electron chi connectivity index (χ3n) is 5.10. The second-order valence-electron chi connectivity index (χ2n) is 7.39. The van der Waals surface area contributed by atoms with Gasteiger partial charge >= 0.3 is 5.97 Å². The van der Waals surface area contributed by atoms with Crippen LogP contribution in [0.5, 0.6) is 5.75 Å². The Balaban J connectivity index is 1.35. The fourth-order valence-electron chi connectivity index (χ4n) is 3.45. The summed E-state index contributed by atoms with van der Waals surface area (Å²) in [5.74, 6) is 0.143. The molecule has 0 atom stereocenters. The molecule has 1 aliphatic rings. The van der Waals surface area contributed by atoms with Crippen LogP contribution in [0.2, 0.25) is 0 Å². The number of esters is 1. The lowest BCUT2D eigenvalue weighted by Crippen LogP contribution is -2.05. The van der Waals surface area contributed by atoms with Gasteiger partial charge in [-0.15, -0.1) is 0 Å². The maximum absolute atomic E-state index is 13.0. The van der Waals surface area contributed by atoms with Crippen LogP contribution in [0, 0.1) is 5.82 Å². The van der Waals surface area contributed by atoms with E-state index in [1.165, 1.54) is 12.1 Å². The Labute approximate surface area is 184 Å². The summed E-state index contributed by atoms with van der Waals surface area (Å²) < 4.78 is 24.2. The van der Waals surface area contributed by atoms with Gasteiger partial charge in [-0.25, -0.2) is 14.2 Å². The summed E-state index contributed by atoms with van der Waals surface area (Å²) in [7, 11) is 0. The predicted molar refractivity (Wildman–Crippen MR) is 122 cm³/mol. The van der Waals surface area contributed by atoms with Gasteiger partial charge in [0, 0.05) is 5.56 Å². The molecule has 0 saturated carbocycles. The highest BCUT2D eigenvalue weighted by Crippen LogP contribution is 2.24. The molecule has 1 aliphatic heterocycles. The molecule has 4 aromatic carbocycles. The average molecular weight is 423 g/mol. The third kappa shape index (κ3) is 4.27. The van der Waals surface area contributed by atoms with E-state index >= 15 is 0 Å². The van der Waals surface area contributed by atoms with E-state index in [0.717, 1.165) is 27.5 Å². The third-order valence-corrected chi connectivity index (χ3v) is 5.10. The Bertz CT molecular complexity index is 1370. The fraction of sp³-hybridized carbons (Fsp3) is 0.0370. The normalized spacial score (nSPS) is 14.5. The minimum Gasteiger partial charge on any atom is -0.489 e. The summed E-state index contributed by atoms with van der Waals surface area (Å²) in [6.45, 7) is 0.312. The Morgan fingerprint density at radius 2 is 1.69 bits per heavy atom. The van der Waals surface area contributed by atoms with Crippen molar-refractivity contribution < 1.29 is 18.7 Å². The SMILES string of the molecule is O=C1OC(c2ccc3ccccc3c2)=N/C1=C\c1cccc(OCc2ccc(F)cc2)c1. The van der Waals surface area contributed by atoms with Crippen molar-refractivity contribution in [1.29, 1.82) is 0 Å². The van der Waals surface area contributed by atoms with Crippen molar-refractivity contribution in [3.05, 3.63) is 119 Å². The molecule has 156 valence electrons. The number of carbonyl (C=O) groups excluding carboxylic acids is 1. The summed E-state index contributed by atoms with van der Waals surface area (Å²) in [6, 6.07) is 27.3. The van der Waals surface area contributed by atoms with Crippen LogP contribution in [-0.2, 0) is 16.1 Å². The summed E-state index contributed by atoms with van der Waals surface area (Å²) in [5, 5.41) is 2.15. The summed E-state index contributed by atoms with van der Waals surface area (Å²) in [6.07, 6.45) is 1.67. The molecule has 0 spiro atoms. The van der Waals surface area contributed by atoms with Gasteiger partial charge in [-0.3, -0.25) is 0 Å². The number of hydrogen-bond donors (Lipinski definition) is 0. The molecule has 0 amide bonds. The van der Waals surface area contributed by atoms with Crippen molar-refractivity contribution in [1.82, 2.24) is 0 Å². The molecule has 5 heteroatoms. The fourth-order valence-corrected chi connectivity index (χ4v) is 3.45. The number of ether oxygens (including phenoxy) is 2. The quantitative estimate of drug-likeness (QED) is 0.296. The van der Waals surface area contributed by atoms with E-state index < -0.39 is 5.97 Å². The maximum atomic E-state index is 13.0. The summed E-state index contributed by atoms with van der Waals surface area (Å²) in [4.78, 5) is 16.8. The number of cyclic esters (lactones) is 1. The topological polar surface area (TPSA) is 47.9 Å². The van der Waals surface area contributed by atoms with Crippen LogP contribution in [0.1, 0.15) is 16.7 Å². The molecule has 0 fully saturated rings. The standard InChI is InChI=1S/C27H18FNO3/c28-23-12-8-18(9-13-23)17-31-24-7-3-4-19(14-24)15-25-27(30)32-26(29-25)22-11-10-20-5-1-2-6-21(20)16-22/h1-16H,17H2/b25-15-. The number of carbonyl (C=O) groups is 1. The average Bonchev–Trinajstić information content (AvgIpc) is 3.18. The Hall–Kier alpha value is -4.25. The number of benzene rings is 4. The highest BCUT2D eigenvalue weighted by molar-refractivity contribution is 6.13. The molecule has 5 rings (SSSR count). The molecule has 0 saturated heterocycles. The van der Waals surface area contributed by atoms with Crippen molar-refractivity contribution in [2.75, 3.05) is 0 Å². The van der Waals surface area contributed by atoms with E-state index in [4.69, 9.17) is 9.47 Å². The lowest BCUT2D eigenvalue weighted by molar-refractivity contribution is -0.129. The van der Waals surface area contributed by atoms with Crippen LogP contribution in [0.4, 0.5) is 4.39 Å². The number of nitrogens with zero attached hydrogens (tertiary/aromatic N) is 1. The van der Waals surface area contributed by atoms with E-state index in [9.17, 15) is 9.18 Å². The largest absolute Gasteiger partial charge is 0.489 e. The van der Waals surface area contributed by atoms with Gasteiger partial charge in [0.05, 0.1) is 0 Å². The molecule has 4 aromatic rings. The number of rotatable bonds is 5. The molecule has 0 aromatic heterocycles. The Morgan fingerprint density at radius 1 is 0.875 bits per heavy atom. The molecular weight excluding hydrogens is 405 g/mol. The van der Waals surface area contributed by atoms with Crippen LogP contribution >= 0.6 is 0 Å². The van der Waals surface area contributed by atoms with Gasteiger partial charge in [-0.1, -0.05) is 54.6 Å². The first-order valence-corrected chi connectivity index (χ1v) is 10.1. The van der Waals surface area contributed by atoms with Gasteiger partial charge in [0.2, 0.25) is 5.90 Å². The zero-order valence-electron chi connectivity index (χ0n) is 17.0. The molecule has 0 N–H and O–H groups in total. The molecule has 0 radical (unpaired) electrons. The smallest absolute Gasteiger partial charge is 0.363 e. The van der Waals surface area contributed by atoms with Gasteiger partial charge in [-0.2, -0.15) is 0 Å². The molecule has 32 heavy (non-hydrogen) atoms. The monoisotopic (exact) mass is 423 g/mol. The first kappa shape index (κ1) is 19.7. The Kier molecular flexibility index (Phi) is 5.22. The van der Waals surface area contributed by atoms with Gasteiger partial charge in [-0.05, 0) is 64.4 Å². The highest BCUT2D eigenvalue weighted by atomic mass is 19.1. The summed E-state index contributed by atoms with van der Waals surface area (Å²) in [5.41, 5.74) is 2.59. The minimum atomic E-state index is -0.495. The van der Waals surface area contributed by atoms with Crippen LogP contribution < -0.4 is 4.74 Å². The molecule has 1 heterocycles. The van der Waals surface area contributed by atoms with Crippen molar-refractivity contribution in [3.63, 3.8) is 0 Å². The predicted octanol–water partition coefficient (Wildman–Crippen LogP) is 5.90. The second-order valence-corrected chi connectivity index (χ2v) is 7.39. The number of fused-ring (bicyclic) bond motifs is 1. The number of halogens is 1.